The van der Waals surface area contributed by atoms with Crippen molar-refractivity contribution in [3.05, 3.63) is 30.3 Å². The van der Waals surface area contributed by atoms with E-state index in [0.29, 0.717) is 6.42 Å². The van der Waals surface area contributed by atoms with Crippen molar-refractivity contribution >= 4 is 20.5 Å². The predicted molar refractivity (Wildman–Crippen MR) is 96.6 cm³/mol. The minimum absolute atomic E-state index is 0.0510. The highest BCUT2D eigenvalue weighted by Crippen LogP contribution is 2.15. The SMILES string of the molecule is CCCCCCCCOS(=O)(=O)OCC(Oc1ccccc1)S(=O)(=O)O. The van der Waals surface area contributed by atoms with Crippen LogP contribution in [0.2, 0.25) is 0 Å². The van der Waals surface area contributed by atoms with Gasteiger partial charge in [-0.05, 0) is 18.6 Å². The maximum absolute atomic E-state index is 11.7. The van der Waals surface area contributed by atoms with Gasteiger partial charge in [-0.1, -0.05) is 57.2 Å². The summed E-state index contributed by atoms with van der Waals surface area (Å²) in [5, 5.41) is 0. The topological polar surface area (TPSA) is 116 Å². The van der Waals surface area contributed by atoms with Crippen molar-refractivity contribution in [3.63, 3.8) is 0 Å². The third kappa shape index (κ3) is 10.1. The van der Waals surface area contributed by atoms with E-state index in [4.69, 9.17) is 4.74 Å². The molecular weight excluding hydrogens is 384 g/mol. The highest BCUT2D eigenvalue weighted by Gasteiger charge is 2.28. The first-order valence-corrected chi connectivity index (χ1v) is 11.3. The van der Waals surface area contributed by atoms with Gasteiger partial charge in [0.25, 0.3) is 0 Å². The summed E-state index contributed by atoms with van der Waals surface area (Å²) in [7, 11) is -9.07. The Morgan fingerprint density at radius 2 is 1.54 bits per heavy atom. The third-order valence-corrected chi connectivity index (χ3v) is 5.19. The van der Waals surface area contributed by atoms with Crippen molar-refractivity contribution in [2.24, 2.45) is 0 Å². The van der Waals surface area contributed by atoms with Crippen molar-refractivity contribution in [2.75, 3.05) is 13.2 Å². The summed E-state index contributed by atoms with van der Waals surface area (Å²) in [6.45, 7) is 1.13. The van der Waals surface area contributed by atoms with Gasteiger partial charge in [0.05, 0.1) is 6.61 Å². The van der Waals surface area contributed by atoms with Crippen LogP contribution in [0.1, 0.15) is 45.4 Å². The summed E-state index contributed by atoms with van der Waals surface area (Å²) in [5.74, 6) is 0.143. The average Bonchev–Trinajstić information content (AvgIpc) is 2.57. The lowest BCUT2D eigenvalue weighted by molar-refractivity contribution is 0.151. The molecule has 1 N–H and O–H groups in total. The Balaban J connectivity index is 2.43. The molecule has 10 heteroatoms. The van der Waals surface area contributed by atoms with Gasteiger partial charge in [0, 0.05) is 0 Å². The maximum atomic E-state index is 11.7. The maximum Gasteiger partial charge on any atom is 0.400 e. The molecule has 0 aliphatic heterocycles. The van der Waals surface area contributed by atoms with Crippen LogP contribution in [0.3, 0.4) is 0 Å². The van der Waals surface area contributed by atoms with E-state index in [2.05, 4.69) is 15.3 Å². The highest BCUT2D eigenvalue weighted by atomic mass is 32.3. The molecular formula is C16H26O8S2. The average molecular weight is 411 g/mol. The molecule has 0 heterocycles. The molecule has 0 saturated heterocycles. The Kier molecular flexibility index (Phi) is 10.1. The molecule has 0 bridgehead atoms. The van der Waals surface area contributed by atoms with Crippen LogP contribution in [0.15, 0.2) is 30.3 Å². The van der Waals surface area contributed by atoms with Crippen molar-refractivity contribution in [1.29, 1.82) is 0 Å². The largest absolute Gasteiger partial charge is 0.469 e. The van der Waals surface area contributed by atoms with Crippen LogP contribution in [-0.4, -0.2) is 40.0 Å². The number of ether oxygens (including phenoxy) is 1. The van der Waals surface area contributed by atoms with Crippen LogP contribution in [0.5, 0.6) is 5.75 Å². The molecule has 0 amide bonds. The first kappa shape index (κ1) is 22.8. The monoisotopic (exact) mass is 410 g/mol. The second kappa shape index (κ2) is 11.5. The van der Waals surface area contributed by atoms with Gasteiger partial charge in [-0.15, -0.1) is 0 Å². The standard InChI is InChI=1S/C16H26O8S2/c1-2-3-4-5-6-10-13-22-26(20,21)23-14-16(25(17,18)19)24-15-11-8-7-9-12-15/h7-9,11-12,16H,2-6,10,13-14H2,1H3,(H,17,18,19). The number of hydrogen-bond acceptors (Lipinski definition) is 7. The van der Waals surface area contributed by atoms with E-state index in [1.54, 1.807) is 18.2 Å². The van der Waals surface area contributed by atoms with E-state index in [1.165, 1.54) is 12.1 Å². The van der Waals surface area contributed by atoms with Crippen molar-refractivity contribution in [2.45, 2.75) is 50.9 Å². The molecule has 1 aromatic rings. The van der Waals surface area contributed by atoms with Gasteiger partial charge < -0.3 is 4.74 Å². The Bertz CT molecular complexity index is 701. The normalized spacial score (nSPS) is 13.5. The third-order valence-electron chi connectivity index (χ3n) is 3.42. The van der Waals surface area contributed by atoms with Crippen LogP contribution in [-0.2, 0) is 28.9 Å². The van der Waals surface area contributed by atoms with Gasteiger partial charge >= 0.3 is 20.5 Å². The van der Waals surface area contributed by atoms with Gasteiger partial charge in [0.1, 0.15) is 12.4 Å². The highest BCUT2D eigenvalue weighted by molar-refractivity contribution is 7.86. The number of unbranched alkanes of at least 4 members (excludes halogenated alkanes) is 5. The minimum atomic E-state index is -4.69. The Hall–Kier alpha value is -1.20. The van der Waals surface area contributed by atoms with E-state index in [0.717, 1.165) is 32.1 Å². The second-order valence-corrected chi connectivity index (χ2v) is 8.50. The van der Waals surface area contributed by atoms with Crippen LogP contribution < -0.4 is 4.74 Å². The van der Waals surface area contributed by atoms with Gasteiger partial charge in [-0.2, -0.15) is 16.8 Å². The fourth-order valence-corrected chi connectivity index (χ4v) is 3.29. The van der Waals surface area contributed by atoms with Crippen LogP contribution in [0.4, 0.5) is 0 Å². The van der Waals surface area contributed by atoms with Crippen molar-refractivity contribution in [1.82, 2.24) is 0 Å². The van der Waals surface area contributed by atoms with E-state index >= 15 is 0 Å². The quantitative estimate of drug-likeness (QED) is 0.368. The van der Waals surface area contributed by atoms with Crippen molar-refractivity contribution in [3.8, 4) is 5.75 Å². The molecule has 1 rings (SSSR count). The van der Waals surface area contributed by atoms with Crippen LogP contribution >= 0.6 is 0 Å². The number of hydrogen-bond donors (Lipinski definition) is 1. The zero-order valence-corrected chi connectivity index (χ0v) is 16.4. The minimum Gasteiger partial charge on any atom is -0.469 e. The van der Waals surface area contributed by atoms with Crippen LogP contribution in [0.25, 0.3) is 0 Å². The zero-order valence-electron chi connectivity index (χ0n) is 14.7. The second-order valence-electron chi connectivity index (χ2n) is 5.66. The first-order valence-electron chi connectivity index (χ1n) is 8.46. The molecule has 0 aliphatic carbocycles. The van der Waals surface area contributed by atoms with E-state index < -0.39 is 32.6 Å². The molecule has 0 fully saturated rings. The molecule has 0 aromatic heterocycles. The molecule has 1 aromatic carbocycles. The van der Waals surface area contributed by atoms with E-state index in [9.17, 15) is 21.4 Å². The van der Waals surface area contributed by atoms with Gasteiger partial charge in [-0.3, -0.25) is 4.55 Å². The first-order chi connectivity index (χ1) is 12.2. The summed E-state index contributed by atoms with van der Waals surface area (Å²) in [5.41, 5.74) is -1.89. The molecule has 0 spiro atoms. The number of rotatable bonds is 14. The molecule has 0 aliphatic rings. The van der Waals surface area contributed by atoms with E-state index in [-0.39, 0.29) is 12.4 Å². The molecule has 0 radical (unpaired) electrons. The number of benzene rings is 1. The summed E-state index contributed by atoms with van der Waals surface area (Å²) in [6, 6.07) is 7.80. The molecule has 0 saturated carbocycles. The number of para-hydroxylation sites is 1. The van der Waals surface area contributed by atoms with Gasteiger partial charge in [0.2, 0.25) is 5.44 Å². The van der Waals surface area contributed by atoms with Crippen molar-refractivity contribution < 1.29 is 34.5 Å². The molecule has 1 atom stereocenters. The molecule has 26 heavy (non-hydrogen) atoms. The smallest absolute Gasteiger partial charge is 0.400 e. The fraction of sp³-hybridized carbons (Fsp3) is 0.625. The molecule has 8 nitrogen and oxygen atoms in total. The lowest BCUT2D eigenvalue weighted by Gasteiger charge is -2.16. The Morgan fingerprint density at radius 1 is 0.923 bits per heavy atom. The lowest BCUT2D eigenvalue weighted by atomic mass is 10.1. The lowest BCUT2D eigenvalue weighted by Crippen LogP contribution is -2.33. The Morgan fingerprint density at radius 3 is 2.15 bits per heavy atom. The molecule has 1 unspecified atom stereocenters. The summed E-state index contributed by atoms with van der Waals surface area (Å²) in [6.07, 6.45) is 5.73. The van der Waals surface area contributed by atoms with Gasteiger partial charge in [-0.25, -0.2) is 8.37 Å². The van der Waals surface area contributed by atoms with E-state index in [1.807, 2.05) is 0 Å². The summed E-state index contributed by atoms with van der Waals surface area (Å²) < 4.78 is 69.5. The summed E-state index contributed by atoms with van der Waals surface area (Å²) >= 11 is 0. The Labute approximate surface area is 155 Å². The summed E-state index contributed by atoms with van der Waals surface area (Å²) in [4.78, 5) is 0. The predicted octanol–water partition coefficient (Wildman–Crippen LogP) is 2.92. The fourth-order valence-electron chi connectivity index (χ4n) is 2.05. The van der Waals surface area contributed by atoms with Gasteiger partial charge in [0.15, 0.2) is 0 Å². The zero-order chi connectivity index (χ0) is 19.5. The van der Waals surface area contributed by atoms with Crippen LogP contribution in [0, 0.1) is 0 Å². The molecule has 150 valence electrons.